The number of hydrogen-bond acceptors (Lipinski definition) is 4. The van der Waals surface area contributed by atoms with Gasteiger partial charge in [-0.25, -0.2) is 14.6 Å². The number of carboxylic acid groups (broad SMARTS) is 1. The van der Waals surface area contributed by atoms with Crippen molar-refractivity contribution in [1.82, 2.24) is 14.5 Å². The Labute approximate surface area is 186 Å². The summed E-state index contributed by atoms with van der Waals surface area (Å²) in [5.41, 5.74) is 3.33. The lowest BCUT2D eigenvalue weighted by Crippen LogP contribution is -2.40. The van der Waals surface area contributed by atoms with E-state index in [2.05, 4.69) is 4.98 Å². The lowest BCUT2D eigenvalue weighted by atomic mass is 9.98. The van der Waals surface area contributed by atoms with E-state index in [-0.39, 0.29) is 37.9 Å². The number of aromatic nitrogens is 2. The molecular weight excluding hydrogens is 439 g/mol. The number of amides is 1. The van der Waals surface area contributed by atoms with Gasteiger partial charge in [0.1, 0.15) is 6.61 Å². The molecule has 0 unspecified atom stereocenters. The van der Waals surface area contributed by atoms with Crippen molar-refractivity contribution >= 4 is 12.1 Å². The first-order valence-electron chi connectivity index (χ1n) is 10.3. The van der Waals surface area contributed by atoms with Crippen molar-refractivity contribution in [2.24, 2.45) is 0 Å². The number of benzene rings is 2. The first kappa shape index (κ1) is 21.0. The van der Waals surface area contributed by atoms with Crippen molar-refractivity contribution in [3.8, 4) is 11.1 Å². The van der Waals surface area contributed by atoms with Crippen LogP contribution in [0.2, 0.25) is 0 Å². The number of halogens is 3. The Hall–Kier alpha value is -3.82. The van der Waals surface area contributed by atoms with Crippen molar-refractivity contribution < 1.29 is 32.6 Å². The van der Waals surface area contributed by atoms with Crippen LogP contribution in [-0.2, 0) is 24.0 Å². The van der Waals surface area contributed by atoms with Crippen LogP contribution in [0.1, 0.15) is 39.1 Å². The average Bonchev–Trinajstić information content (AvgIpc) is 3.33. The fraction of sp³-hybridized carbons (Fsp3) is 0.261. The van der Waals surface area contributed by atoms with Gasteiger partial charge in [-0.2, -0.15) is 13.2 Å². The van der Waals surface area contributed by atoms with E-state index in [0.29, 0.717) is 0 Å². The number of rotatable bonds is 3. The smallest absolute Gasteiger partial charge is 0.449 e. The predicted molar refractivity (Wildman–Crippen MR) is 110 cm³/mol. The van der Waals surface area contributed by atoms with Crippen LogP contribution >= 0.6 is 0 Å². The molecule has 2 aromatic carbocycles. The van der Waals surface area contributed by atoms with Crippen molar-refractivity contribution in [3.63, 3.8) is 0 Å². The number of carbonyl (C=O) groups is 2. The predicted octanol–water partition coefficient (Wildman–Crippen LogP) is 4.36. The zero-order chi connectivity index (χ0) is 23.3. The van der Waals surface area contributed by atoms with E-state index in [9.17, 15) is 27.9 Å². The maximum absolute atomic E-state index is 13.3. The molecule has 1 aromatic heterocycles. The largest absolute Gasteiger partial charge is 0.476 e. The van der Waals surface area contributed by atoms with Gasteiger partial charge in [0.25, 0.3) is 0 Å². The Bertz CT molecular complexity index is 1220. The van der Waals surface area contributed by atoms with E-state index in [0.717, 1.165) is 26.8 Å². The van der Waals surface area contributed by atoms with Crippen molar-refractivity contribution in [2.45, 2.75) is 25.2 Å². The van der Waals surface area contributed by atoms with Crippen LogP contribution in [0.15, 0.2) is 48.5 Å². The normalized spacial score (nSPS) is 15.1. The molecule has 170 valence electrons. The highest BCUT2D eigenvalue weighted by Crippen LogP contribution is 2.44. The maximum atomic E-state index is 13.3. The van der Waals surface area contributed by atoms with Gasteiger partial charge in [0.05, 0.1) is 12.2 Å². The van der Waals surface area contributed by atoms with Crippen LogP contribution in [0.25, 0.3) is 11.1 Å². The number of fused-ring (bicyclic) bond motifs is 4. The van der Waals surface area contributed by atoms with Crippen LogP contribution in [0.4, 0.5) is 18.0 Å². The van der Waals surface area contributed by atoms with E-state index >= 15 is 0 Å². The van der Waals surface area contributed by atoms with Gasteiger partial charge >= 0.3 is 18.2 Å². The quantitative estimate of drug-likeness (QED) is 0.632. The molecule has 1 N–H and O–H groups in total. The molecule has 2 aliphatic rings. The molecule has 0 fully saturated rings. The Balaban J connectivity index is 1.35. The van der Waals surface area contributed by atoms with Gasteiger partial charge < -0.3 is 19.3 Å². The molecule has 0 saturated carbocycles. The van der Waals surface area contributed by atoms with Crippen LogP contribution < -0.4 is 0 Å². The average molecular weight is 457 g/mol. The molecule has 0 radical (unpaired) electrons. The lowest BCUT2D eigenvalue weighted by molar-refractivity contribution is -0.147. The summed E-state index contributed by atoms with van der Waals surface area (Å²) in [6.45, 7) is -0.555. The number of nitrogens with zero attached hydrogens (tertiary/aromatic N) is 3. The van der Waals surface area contributed by atoms with E-state index < -0.39 is 29.8 Å². The summed E-state index contributed by atoms with van der Waals surface area (Å²) in [7, 11) is 0. The standard InChI is InChI=1S/C23H18F3N3O4/c24-23(25,26)21-27-19(20(30)31)18-11-28(9-10-29(18)21)22(32)33-12-17-15-7-3-1-5-13(15)14-6-2-4-8-16(14)17/h1-8,17H,9-12H2,(H,30,31). The van der Waals surface area contributed by atoms with Gasteiger partial charge in [0.15, 0.2) is 5.69 Å². The van der Waals surface area contributed by atoms with Crippen LogP contribution in [-0.4, -0.2) is 44.8 Å². The van der Waals surface area contributed by atoms with Gasteiger partial charge in [0.2, 0.25) is 5.82 Å². The second-order valence-electron chi connectivity index (χ2n) is 7.91. The third-order valence-electron chi connectivity index (χ3n) is 6.06. The molecule has 0 spiro atoms. The first-order valence-corrected chi connectivity index (χ1v) is 10.3. The zero-order valence-electron chi connectivity index (χ0n) is 17.2. The number of carbonyl (C=O) groups excluding carboxylic acids is 1. The number of hydrogen-bond donors (Lipinski definition) is 1. The molecule has 1 aliphatic heterocycles. The minimum absolute atomic E-state index is 0.0534. The molecule has 7 nitrogen and oxygen atoms in total. The fourth-order valence-electron chi connectivity index (χ4n) is 4.60. The SMILES string of the molecule is O=C(O)c1nc(C(F)(F)F)n2c1CN(C(=O)OCC1c3ccccc3-c3ccccc31)CC2. The van der Waals surface area contributed by atoms with Crippen LogP contribution in [0.3, 0.4) is 0 Å². The summed E-state index contributed by atoms with van der Waals surface area (Å²) >= 11 is 0. The first-order chi connectivity index (χ1) is 15.8. The summed E-state index contributed by atoms with van der Waals surface area (Å²) in [5.74, 6) is -3.02. The Morgan fingerprint density at radius 1 is 1.03 bits per heavy atom. The molecule has 3 aromatic rings. The topological polar surface area (TPSA) is 84.7 Å². The molecule has 5 rings (SSSR count). The molecule has 2 heterocycles. The van der Waals surface area contributed by atoms with Crippen molar-refractivity contribution in [3.05, 3.63) is 76.9 Å². The molecule has 1 aliphatic carbocycles. The number of aromatic carboxylic acids is 1. The van der Waals surface area contributed by atoms with Gasteiger partial charge in [-0.1, -0.05) is 48.5 Å². The van der Waals surface area contributed by atoms with Crippen molar-refractivity contribution in [1.29, 1.82) is 0 Å². The lowest BCUT2D eigenvalue weighted by Gasteiger charge is -2.29. The van der Waals surface area contributed by atoms with Gasteiger partial charge in [0, 0.05) is 19.0 Å². The summed E-state index contributed by atoms with van der Waals surface area (Å²) in [6.07, 6.45) is -5.51. The summed E-state index contributed by atoms with van der Waals surface area (Å²) in [4.78, 5) is 28.7. The molecule has 10 heteroatoms. The van der Waals surface area contributed by atoms with Crippen molar-refractivity contribution in [2.75, 3.05) is 13.2 Å². The molecule has 33 heavy (non-hydrogen) atoms. The minimum Gasteiger partial charge on any atom is -0.476 e. The summed E-state index contributed by atoms with van der Waals surface area (Å²) in [6, 6.07) is 15.7. The summed E-state index contributed by atoms with van der Waals surface area (Å²) in [5, 5.41) is 9.30. The van der Waals surface area contributed by atoms with E-state index in [1.807, 2.05) is 48.5 Å². The van der Waals surface area contributed by atoms with Gasteiger partial charge in [-0.15, -0.1) is 0 Å². The Morgan fingerprint density at radius 2 is 1.64 bits per heavy atom. The highest BCUT2D eigenvalue weighted by Gasteiger charge is 2.42. The van der Waals surface area contributed by atoms with Gasteiger partial charge in [-0.3, -0.25) is 0 Å². The zero-order valence-corrected chi connectivity index (χ0v) is 17.2. The third-order valence-corrected chi connectivity index (χ3v) is 6.06. The number of imidazole rings is 1. The van der Waals surface area contributed by atoms with E-state index in [1.165, 1.54) is 4.90 Å². The Morgan fingerprint density at radius 3 is 2.21 bits per heavy atom. The maximum Gasteiger partial charge on any atom is 0.449 e. The second-order valence-corrected chi connectivity index (χ2v) is 7.91. The molecule has 1 amide bonds. The highest BCUT2D eigenvalue weighted by molar-refractivity contribution is 5.87. The highest BCUT2D eigenvalue weighted by atomic mass is 19.4. The minimum atomic E-state index is -4.80. The van der Waals surface area contributed by atoms with Crippen LogP contribution in [0, 0.1) is 0 Å². The van der Waals surface area contributed by atoms with E-state index in [4.69, 9.17) is 4.74 Å². The Kier molecular flexibility index (Phi) is 4.88. The number of carboxylic acids is 1. The number of ether oxygens (including phenoxy) is 1. The fourth-order valence-corrected chi connectivity index (χ4v) is 4.60. The number of alkyl halides is 3. The molecule has 0 atom stereocenters. The molecule has 0 bridgehead atoms. The second kappa shape index (κ2) is 7.65. The van der Waals surface area contributed by atoms with Crippen LogP contribution in [0.5, 0.6) is 0 Å². The van der Waals surface area contributed by atoms with E-state index in [1.54, 1.807) is 0 Å². The third kappa shape index (κ3) is 3.51. The monoisotopic (exact) mass is 457 g/mol. The van der Waals surface area contributed by atoms with Gasteiger partial charge in [-0.05, 0) is 22.3 Å². The summed E-state index contributed by atoms with van der Waals surface area (Å²) < 4.78 is 46.2. The molecular formula is C23H18F3N3O4. The molecule has 0 saturated heterocycles.